The maximum atomic E-state index is 3.80. The summed E-state index contributed by atoms with van der Waals surface area (Å²) in [5.41, 5.74) is 3.12. The maximum Gasteiger partial charge on any atom is 0.0359 e. The van der Waals surface area contributed by atoms with Gasteiger partial charge in [0.25, 0.3) is 0 Å². The highest BCUT2D eigenvalue weighted by atomic mass is 15.2. The molecule has 2 heteroatoms. The van der Waals surface area contributed by atoms with Crippen LogP contribution in [0.15, 0.2) is 24.3 Å². The second-order valence-corrected chi connectivity index (χ2v) is 6.86. The van der Waals surface area contributed by atoms with E-state index in [0.717, 1.165) is 13.0 Å². The molecule has 1 aromatic rings. The largest absolute Gasteiger partial charge is 0.312 e. The molecule has 0 heterocycles. The summed E-state index contributed by atoms with van der Waals surface area (Å²) >= 11 is 0. The number of likely N-dealkylation sites (N-methyl/N-ethyl adjacent to an activating group) is 2. The molecule has 1 N–H and O–H groups in total. The van der Waals surface area contributed by atoms with Crippen molar-refractivity contribution in [1.82, 2.24) is 10.2 Å². The molecule has 0 spiro atoms. The van der Waals surface area contributed by atoms with Crippen LogP contribution >= 0.6 is 0 Å². The van der Waals surface area contributed by atoms with Crippen LogP contribution in [0.2, 0.25) is 0 Å². The zero-order valence-corrected chi connectivity index (χ0v) is 14.3. The Bertz CT molecular complexity index is 416. The molecular weight excluding hydrogens is 256 g/mol. The van der Waals surface area contributed by atoms with E-state index in [2.05, 4.69) is 62.4 Å². The van der Waals surface area contributed by atoms with Gasteiger partial charge in [0.2, 0.25) is 0 Å². The number of nitrogens with zero attached hydrogens (tertiary/aromatic N) is 1. The molecule has 0 aliphatic heterocycles. The highest BCUT2D eigenvalue weighted by molar-refractivity contribution is 5.23. The van der Waals surface area contributed by atoms with Crippen molar-refractivity contribution in [2.45, 2.75) is 64.0 Å². The molecule has 2 nitrogen and oxygen atoms in total. The molecular formula is C19H32N2. The first-order valence-electron chi connectivity index (χ1n) is 8.55. The molecule has 1 aromatic carbocycles. The molecule has 1 saturated carbocycles. The number of nitrogens with one attached hydrogen (secondary N) is 1. The van der Waals surface area contributed by atoms with Crippen LogP contribution in [-0.4, -0.2) is 37.1 Å². The molecule has 1 atom stereocenters. The summed E-state index contributed by atoms with van der Waals surface area (Å²) in [6, 6.07) is 9.61. The highest BCUT2D eigenvalue weighted by Gasteiger charge is 2.41. The molecule has 1 aliphatic carbocycles. The van der Waals surface area contributed by atoms with Crippen molar-refractivity contribution in [2.75, 3.05) is 20.6 Å². The summed E-state index contributed by atoms with van der Waals surface area (Å²) in [6.45, 7) is 5.44. The van der Waals surface area contributed by atoms with Crippen LogP contribution in [0, 0.1) is 6.92 Å². The smallest absolute Gasteiger partial charge is 0.0359 e. The molecule has 21 heavy (non-hydrogen) atoms. The number of hydrogen-bond acceptors (Lipinski definition) is 2. The fourth-order valence-electron chi connectivity index (χ4n) is 3.93. The van der Waals surface area contributed by atoms with Crippen LogP contribution in [0.1, 0.15) is 50.2 Å². The van der Waals surface area contributed by atoms with E-state index < -0.39 is 0 Å². The molecule has 0 saturated heterocycles. The number of hydrogen-bond donors (Lipinski definition) is 1. The Morgan fingerprint density at radius 3 is 2.24 bits per heavy atom. The van der Waals surface area contributed by atoms with Crippen LogP contribution in [0.25, 0.3) is 0 Å². The number of benzene rings is 1. The zero-order valence-electron chi connectivity index (χ0n) is 14.3. The lowest BCUT2D eigenvalue weighted by Gasteiger charge is -2.49. The molecule has 118 valence electrons. The first-order valence-corrected chi connectivity index (χ1v) is 8.55. The predicted octanol–water partition coefficient (Wildman–Crippen LogP) is 3.78. The van der Waals surface area contributed by atoms with E-state index in [1.807, 2.05) is 0 Å². The van der Waals surface area contributed by atoms with Gasteiger partial charge in [-0.05, 0) is 52.4 Å². The van der Waals surface area contributed by atoms with Gasteiger partial charge in [-0.2, -0.15) is 0 Å². The third kappa shape index (κ3) is 3.87. The number of rotatable bonds is 6. The summed E-state index contributed by atoms with van der Waals surface area (Å²) in [4.78, 5) is 2.49. The lowest BCUT2D eigenvalue weighted by atomic mass is 9.73. The summed E-state index contributed by atoms with van der Waals surface area (Å²) in [7, 11) is 4.54. The standard InChI is InChI=1S/C19H32N2/c1-5-20-18(15-17-11-9-16(2)10-12-17)19(21(3)4)13-7-6-8-14-19/h9-12,18,20H,5-8,13-15H2,1-4H3. The van der Waals surface area contributed by atoms with Crippen LogP contribution in [0.4, 0.5) is 0 Å². The lowest BCUT2D eigenvalue weighted by molar-refractivity contribution is 0.0575. The van der Waals surface area contributed by atoms with Gasteiger partial charge in [-0.3, -0.25) is 0 Å². The van der Waals surface area contributed by atoms with Gasteiger partial charge >= 0.3 is 0 Å². The van der Waals surface area contributed by atoms with Crippen molar-refractivity contribution in [3.8, 4) is 0 Å². The van der Waals surface area contributed by atoms with E-state index in [1.54, 1.807) is 0 Å². The first kappa shape index (κ1) is 16.5. The molecule has 2 rings (SSSR count). The van der Waals surface area contributed by atoms with Gasteiger partial charge in [0.05, 0.1) is 0 Å². The van der Waals surface area contributed by atoms with Crippen molar-refractivity contribution in [2.24, 2.45) is 0 Å². The fraction of sp³-hybridized carbons (Fsp3) is 0.684. The summed E-state index contributed by atoms with van der Waals surface area (Å²) < 4.78 is 0. The van der Waals surface area contributed by atoms with E-state index in [0.29, 0.717) is 11.6 Å². The third-order valence-corrected chi connectivity index (χ3v) is 5.27. The zero-order chi connectivity index (χ0) is 15.3. The van der Waals surface area contributed by atoms with Gasteiger partial charge in [-0.25, -0.2) is 0 Å². The topological polar surface area (TPSA) is 15.3 Å². The Morgan fingerprint density at radius 1 is 1.10 bits per heavy atom. The molecule has 0 amide bonds. The maximum absolute atomic E-state index is 3.80. The van der Waals surface area contributed by atoms with E-state index >= 15 is 0 Å². The Hall–Kier alpha value is -0.860. The minimum atomic E-state index is 0.319. The average Bonchev–Trinajstić information content (AvgIpc) is 2.49. The van der Waals surface area contributed by atoms with Gasteiger partial charge in [0.15, 0.2) is 0 Å². The van der Waals surface area contributed by atoms with Gasteiger partial charge < -0.3 is 10.2 Å². The Kier molecular flexibility index (Phi) is 5.83. The van der Waals surface area contributed by atoms with Gasteiger partial charge in [-0.1, -0.05) is 56.0 Å². The molecule has 0 bridgehead atoms. The summed E-state index contributed by atoms with van der Waals surface area (Å²) in [5, 5.41) is 3.80. The Labute approximate surface area is 130 Å². The first-order chi connectivity index (χ1) is 10.1. The second kappa shape index (κ2) is 7.42. The second-order valence-electron chi connectivity index (χ2n) is 6.86. The SMILES string of the molecule is CCNC(Cc1ccc(C)cc1)C1(N(C)C)CCCCC1. The fourth-order valence-corrected chi connectivity index (χ4v) is 3.93. The van der Waals surface area contributed by atoms with E-state index in [4.69, 9.17) is 0 Å². The van der Waals surface area contributed by atoms with Gasteiger partial charge in [-0.15, -0.1) is 0 Å². The van der Waals surface area contributed by atoms with Gasteiger partial charge in [0.1, 0.15) is 0 Å². The molecule has 1 aliphatic rings. The lowest BCUT2D eigenvalue weighted by Crippen LogP contribution is -2.60. The molecule has 0 aromatic heterocycles. The Morgan fingerprint density at radius 2 is 1.71 bits per heavy atom. The molecule has 1 unspecified atom stereocenters. The van der Waals surface area contributed by atoms with Crippen molar-refractivity contribution in [3.63, 3.8) is 0 Å². The molecule has 0 radical (unpaired) electrons. The predicted molar refractivity (Wildman–Crippen MR) is 91.9 cm³/mol. The van der Waals surface area contributed by atoms with Crippen LogP contribution in [0.3, 0.4) is 0 Å². The van der Waals surface area contributed by atoms with Crippen molar-refractivity contribution >= 4 is 0 Å². The van der Waals surface area contributed by atoms with E-state index in [1.165, 1.54) is 43.2 Å². The van der Waals surface area contributed by atoms with Crippen LogP contribution in [0.5, 0.6) is 0 Å². The van der Waals surface area contributed by atoms with Crippen molar-refractivity contribution in [3.05, 3.63) is 35.4 Å². The van der Waals surface area contributed by atoms with Gasteiger partial charge in [0, 0.05) is 11.6 Å². The normalized spacial score (nSPS) is 19.7. The van der Waals surface area contributed by atoms with Crippen molar-refractivity contribution < 1.29 is 0 Å². The molecule has 1 fully saturated rings. The quantitative estimate of drug-likeness (QED) is 0.857. The summed E-state index contributed by atoms with van der Waals surface area (Å²) in [6.07, 6.45) is 7.92. The minimum Gasteiger partial charge on any atom is -0.312 e. The third-order valence-electron chi connectivity index (χ3n) is 5.27. The highest BCUT2D eigenvalue weighted by Crippen LogP contribution is 2.36. The number of aryl methyl sites for hydroxylation is 1. The van der Waals surface area contributed by atoms with Crippen molar-refractivity contribution in [1.29, 1.82) is 0 Å². The summed E-state index contributed by atoms with van der Waals surface area (Å²) in [5.74, 6) is 0. The Balaban J connectivity index is 2.20. The van der Waals surface area contributed by atoms with E-state index in [9.17, 15) is 0 Å². The van der Waals surface area contributed by atoms with Crippen LogP contribution in [-0.2, 0) is 6.42 Å². The minimum absolute atomic E-state index is 0.319. The van der Waals surface area contributed by atoms with Crippen LogP contribution < -0.4 is 5.32 Å². The monoisotopic (exact) mass is 288 g/mol. The average molecular weight is 288 g/mol. The van der Waals surface area contributed by atoms with E-state index in [-0.39, 0.29) is 0 Å².